The first-order valence-electron chi connectivity index (χ1n) is 10.0. The van der Waals surface area contributed by atoms with E-state index in [1.807, 2.05) is 0 Å². The van der Waals surface area contributed by atoms with Crippen LogP contribution in [-0.4, -0.2) is 0 Å². The Kier molecular flexibility index (Phi) is 6.12. The number of allylic oxidation sites excluding steroid dienone is 2. The summed E-state index contributed by atoms with van der Waals surface area (Å²) in [6, 6.07) is 14.1. The summed E-state index contributed by atoms with van der Waals surface area (Å²) in [6.45, 7) is 4.59. The van der Waals surface area contributed by atoms with Gasteiger partial charge in [-0.15, -0.1) is 0 Å². The molecule has 2 aromatic carbocycles. The van der Waals surface area contributed by atoms with E-state index in [1.54, 1.807) is 5.57 Å². The van der Waals surface area contributed by atoms with Crippen molar-refractivity contribution in [3.8, 4) is 0 Å². The third-order valence-corrected chi connectivity index (χ3v) is 5.69. The van der Waals surface area contributed by atoms with Crippen LogP contribution in [0.25, 0.3) is 16.3 Å². The van der Waals surface area contributed by atoms with Gasteiger partial charge in [-0.1, -0.05) is 75.9 Å². The molecule has 0 saturated carbocycles. The highest BCUT2D eigenvalue weighted by Gasteiger charge is 2.14. The zero-order chi connectivity index (χ0) is 16.8. The first kappa shape index (κ1) is 17.3. The predicted molar refractivity (Wildman–Crippen MR) is 107 cm³/mol. The summed E-state index contributed by atoms with van der Waals surface area (Å²) in [6.07, 6.45) is 14.3. The number of aryl methyl sites for hydroxylation is 1. The summed E-state index contributed by atoms with van der Waals surface area (Å²) in [5, 5.41) is 2.79. The average molecular weight is 321 g/mol. The first-order valence-corrected chi connectivity index (χ1v) is 10.0. The van der Waals surface area contributed by atoms with E-state index in [2.05, 4.69) is 56.3 Å². The average Bonchev–Trinajstić information content (AvgIpc) is 2.65. The topological polar surface area (TPSA) is 0 Å². The quantitative estimate of drug-likeness (QED) is 0.462. The molecule has 0 nitrogen and oxygen atoms in total. The lowest BCUT2D eigenvalue weighted by molar-refractivity contribution is 0.471. The molecule has 1 unspecified atom stereocenters. The molecular formula is C24H32. The van der Waals surface area contributed by atoms with Crippen LogP contribution in [0.1, 0.15) is 76.3 Å². The van der Waals surface area contributed by atoms with Crippen LogP contribution < -0.4 is 0 Å². The van der Waals surface area contributed by atoms with Gasteiger partial charge in [0.15, 0.2) is 0 Å². The Morgan fingerprint density at radius 2 is 1.75 bits per heavy atom. The molecule has 0 heterocycles. The van der Waals surface area contributed by atoms with E-state index in [4.69, 9.17) is 0 Å². The second-order valence-electron chi connectivity index (χ2n) is 7.48. The molecule has 0 spiro atoms. The van der Waals surface area contributed by atoms with Crippen molar-refractivity contribution in [3.63, 3.8) is 0 Å². The van der Waals surface area contributed by atoms with Gasteiger partial charge in [-0.25, -0.2) is 0 Å². The zero-order valence-electron chi connectivity index (χ0n) is 15.5. The summed E-state index contributed by atoms with van der Waals surface area (Å²) in [5.74, 6) is 0.907. The number of hydrogen-bond donors (Lipinski definition) is 0. The van der Waals surface area contributed by atoms with Crippen molar-refractivity contribution < 1.29 is 0 Å². The maximum Gasteiger partial charge on any atom is -0.0178 e. The van der Waals surface area contributed by atoms with E-state index >= 15 is 0 Å². The fourth-order valence-electron chi connectivity index (χ4n) is 3.93. The molecule has 1 aliphatic rings. The van der Waals surface area contributed by atoms with Crippen molar-refractivity contribution in [2.75, 3.05) is 0 Å². The SMILES string of the molecule is CCCCCCc1ccc2cc(C3=CCC(CC)CC3)ccc2c1. The normalized spacial score (nSPS) is 17.9. The van der Waals surface area contributed by atoms with Crippen LogP contribution in [0.15, 0.2) is 42.5 Å². The Morgan fingerprint density at radius 3 is 2.50 bits per heavy atom. The second-order valence-corrected chi connectivity index (χ2v) is 7.48. The van der Waals surface area contributed by atoms with Gasteiger partial charge in [0.05, 0.1) is 0 Å². The molecule has 128 valence electrons. The summed E-state index contributed by atoms with van der Waals surface area (Å²) in [7, 11) is 0. The highest BCUT2D eigenvalue weighted by atomic mass is 14.2. The second kappa shape index (κ2) is 8.51. The minimum atomic E-state index is 0.907. The molecule has 2 aromatic rings. The number of benzene rings is 2. The van der Waals surface area contributed by atoms with Crippen LogP contribution in [-0.2, 0) is 6.42 Å². The minimum absolute atomic E-state index is 0.907. The van der Waals surface area contributed by atoms with Crippen molar-refractivity contribution in [2.24, 2.45) is 5.92 Å². The van der Waals surface area contributed by atoms with Crippen molar-refractivity contribution >= 4 is 16.3 Å². The Morgan fingerprint density at radius 1 is 0.917 bits per heavy atom. The molecule has 0 bridgehead atoms. The maximum absolute atomic E-state index is 2.49. The zero-order valence-corrected chi connectivity index (χ0v) is 15.5. The monoisotopic (exact) mass is 320 g/mol. The molecule has 0 aliphatic heterocycles. The predicted octanol–water partition coefficient (Wildman–Crippen LogP) is 7.56. The molecule has 0 amide bonds. The molecule has 0 saturated heterocycles. The molecule has 0 N–H and O–H groups in total. The van der Waals surface area contributed by atoms with Crippen LogP contribution in [0, 0.1) is 5.92 Å². The fraction of sp³-hybridized carbons (Fsp3) is 0.500. The molecule has 1 aliphatic carbocycles. The molecule has 0 fully saturated rings. The van der Waals surface area contributed by atoms with Crippen LogP contribution in [0.5, 0.6) is 0 Å². The fourth-order valence-corrected chi connectivity index (χ4v) is 3.93. The van der Waals surface area contributed by atoms with Gasteiger partial charge in [0.25, 0.3) is 0 Å². The summed E-state index contributed by atoms with van der Waals surface area (Å²) in [4.78, 5) is 0. The molecule has 1 atom stereocenters. The third kappa shape index (κ3) is 4.29. The van der Waals surface area contributed by atoms with Gasteiger partial charge in [-0.2, -0.15) is 0 Å². The summed E-state index contributed by atoms with van der Waals surface area (Å²) < 4.78 is 0. The van der Waals surface area contributed by atoms with Gasteiger partial charge in [0.1, 0.15) is 0 Å². The summed E-state index contributed by atoms with van der Waals surface area (Å²) in [5.41, 5.74) is 4.49. The van der Waals surface area contributed by atoms with Gasteiger partial charge in [0, 0.05) is 0 Å². The van der Waals surface area contributed by atoms with Crippen molar-refractivity contribution in [2.45, 2.75) is 71.6 Å². The summed E-state index contributed by atoms with van der Waals surface area (Å²) >= 11 is 0. The Labute approximate surface area is 148 Å². The van der Waals surface area contributed by atoms with E-state index in [-0.39, 0.29) is 0 Å². The van der Waals surface area contributed by atoms with Gasteiger partial charge in [0.2, 0.25) is 0 Å². The molecular weight excluding hydrogens is 288 g/mol. The van der Waals surface area contributed by atoms with Crippen molar-refractivity contribution in [3.05, 3.63) is 53.6 Å². The molecule has 0 heteroatoms. The molecule has 0 aromatic heterocycles. The van der Waals surface area contributed by atoms with E-state index in [0.29, 0.717) is 0 Å². The number of hydrogen-bond acceptors (Lipinski definition) is 0. The van der Waals surface area contributed by atoms with Gasteiger partial charge >= 0.3 is 0 Å². The maximum atomic E-state index is 2.49. The smallest absolute Gasteiger partial charge is 0.0178 e. The number of fused-ring (bicyclic) bond motifs is 1. The lowest BCUT2D eigenvalue weighted by Gasteiger charge is -2.21. The standard InChI is InChI=1S/C24H32/c1-3-5-6-7-8-20-11-14-24-18-23(16-15-22(24)17-20)21-12-9-19(4-2)10-13-21/h11-12,14-19H,3-10,13H2,1-2H3. The van der Waals surface area contributed by atoms with Crippen molar-refractivity contribution in [1.29, 1.82) is 0 Å². The Bertz CT molecular complexity index is 692. The lowest BCUT2D eigenvalue weighted by Crippen LogP contribution is -2.03. The minimum Gasteiger partial charge on any atom is -0.0804 e. The van der Waals surface area contributed by atoms with Crippen molar-refractivity contribution in [1.82, 2.24) is 0 Å². The Balaban J connectivity index is 1.71. The highest BCUT2D eigenvalue weighted by Crippen LogP contribution is 2.33. The van der Waals surface area contributed by atoms with E-state index in [0.717, 1.165) is 5.92 Å². The van der Waals surface area contributed by atoms with Crippen LogP contribution in [0.2, 0.25) is 0 Å². The van der Waals surface area contributed by atoms with Crippen LogP contribution in [0.4, 0.5) is 0 Å². The molecule has 24 heavy (non-hydrogen) atoms. The van der Waals surface area contributed by atoms with Gasteiger partial charge < -0.3 is 0 Å². The number of unbranched alkanes of at least 4 members (excludes halogenated alkanes) is 3. The third-order valence-electron chi connectivity index (χ3n) is 5.69. The molecule has 3 rings (SSSR count). The highest BCUT2D eigenvalue weighted by molar-refractivity contribution is 5.87. The van der Waals surface area contributed by atoms with Crippen LogP contribution in [0.3, 0.4) is 0 Å². The Hall–Kier alpha value is -1.56. The van der Waals surface area contributed by atoms with E-state index in [1.165, 1.54) is 79.7 Å². The van der Waals surface area contributed by atoms with Crippen LogP contribution >= 0.6 is 0 Å². The van der Waals surface area contributed by atoms with Gasteiger partial charge in [-0.3, -0.25) is 0 Å². The lowest BCUT2D eigenvalue weighted by atomic mass is 9.85. The van der Waals surface area contributed by atoms with E-state index in [9.17, 15) is 0 Å². The first-order chi connectivity index (χ1) is 11.8. The van der Waals surface area contributed by atoms with Gasteiger partial charge in [-0.05, 0) is 71.6 Å². The van der Waals surface area contributed by atoms with E-state index < -0.39 is 0 Å². The molecule has 0 radical (unpaired) electrons. The largest absolute Gasteiger partial charge is 0.0804 e. The number of rotatable bonds is 7.